The van der Waals surface area contributed by atoms with Gasteiger partial charge >= 0.3 is 0 Å². The quantitative estimate of drug-likeness (QED) is 0.356. The fraction of sp³-hybridized carbons (Fsp3) is 0.217. The van der Waals surface area contributed by atoms with Crippen molar-refractivity contribution in [3.05, 3.63) is 78.5 Å². The third-order valence-electron chi connectivity index (χ3n) is 5.05. The normalized spacial score (nSPS) is 13.4. The molecule has 0 unspecified atom stereocenters. The average Bonchev–Trinajstić information content (AvgIpc) is 3.13. The molecule has 4 nitrogen and oxygen atoms in total. The van der Waals surface area contributed by atoms with Crippen LogP contribution in [0.25, 0.3) is 0 Å². The maximum Gasteiger partial charge on any atom is 0.254 e. The van der Waals surface area contributed by atoms with Crippen LogP contribution in [0.15, 0.2) is 56.4 Å². The number of hydrogen-bond acceptors (Lipinski definition) is 4. The smallest absolute Gasteiger partial charge is 0.254 e. The van der Waals surface area contributed by atoms with E-state index in [0.29, 0.717) is 21.1 Å². The van der Waals surface area contributed by atoms with Crippen molar-refractivity contribution in [2.45, 2.75) is 32.2 Å². The Bertz CT molecular complexity index is 1090. The van der Waals surface area contributed by atoms with Gasteiger partial charge in [0.25, 0.3) is 5.91 Å². The second-order valence-electron chi connectivity index (χ2n) is 7.15. The van der Waals surface area contributed by atoms with E-state index in [0.717, 1.165) is 47.4 Å². The molecule has 0 saturated heterocycles. The van der Waals surface area contributed by atoms with Gasteiger partial charge in [0.15, 0.2) is 0 Å². The maximum absolute atomic E-state index is 13.1. The molecule has 0 radical (unpaired) electrons. The number of aromatic hydroxyl groups is 1. The summed E-state index contributed by atoms with van der Waals surface area (Å²) in [4.78, 5) is 19.1. The lowest BCUT2D eigenvalue weighted by molar-refractivity contribution is 0.0951. The number of carbonyl (C=O) groups excluding carboxylic acids is 1. The van der Waals surface area contributed by atoms with Crippen LogP contribution in [-0.2, 0) is 19.4 Å². The Hall–Kier alpha value is -1.96. The summed E-state index contributed by atoms with van der Waals surface area (Å²) in [5.41, 5.74) is 3.75. The number of aliphatic imine (C=N–C) groups is 1. The largest absolute Gasteiger partial charge is 0.506 e. The van der Waals surface area contributed by atoms with Crippen LogP contribution in [0.3, 0.4) is 0 Å². The molecule has 2 N–H and O–H groups in total. The molecule has 0 bridgehead atoms. The first-order valence-corrected chi connectivity index (χ1v) is 12.1. The van der Waals surface area contributed by atoms with Crippen molar-refractivity contribution in [1.29, 1.82) is 0 Å². The highest BCUT2D eigenvalue weighted by Gasteiger charge is 2.25. The number of benzene rings is 2. The van der Waals surface area contributed by atoms with E-state index in [9.17, 15) is 9.90 Å². The molecule has 4 rings (SSSR count). The predicted molar refractivity (Wildman–Crippen MR) is 129 cm³/mol. The van der Waals surface area contributed by atoms with Crippen LogP contribution in [0, 0.1) is 0 Å². The third-order valence-corrected chi connectivity index (χ3v) is 7.45. The molecule has 0 saturated carbocycles. The first-order valence-electron chi connectivity index (χ1n) is 9.71. The highest BCUT2D eigenvalue weighted by atomic mass is 79.9. The second kappa shape index (κ2) is 9.45. The third kappa shape index (κ3) is 4.68. The molecule has 30 heavy (non-hydrogen) atoms. The van der Waals surface area contributed by atoms with Gasteiger partial charge in [-0.05, 0) is 86.4 Å². The number of fused-ring (bicyclic) bond motifs is 1. The Balaban J connectivity index is 1.63. The average molecular weight is 548 g/mol. The number of hydrogen-bond donors (Lipinski definition) is 2. The summed E-state index contributed by atoms with van der Waals surface area (Å²) in [6.45, 7) is 0.491. The SMILES string of the molecule is O=C(NCc1ccccc1)c1c(N=Cc2cc(Br)c(O)c(Br)c2)sc2c1CCCC2. The zero-order valence-electron chi connectivity index (χ0n) is 16.1. The molecule has 0 fully saturated rings. The maximum atomic E-state index is 13.1. The van der Waals surface area contributed by atoms with Gasteiger partial charge in [-0.25, -0.2) is 4.99 Å². The molecule has 7 heteroatoms. The summed E-state index contributed by atoms with van der Waals surface area (Å²) in [6.07, 6.45) is 5.92. The van der Waals surface area contributed by atoms with Gasteiger partial charge in [0.05, 0.1) is 14.5 Å². The lowest BCUT2D eigenvalue weighted by Gasteiger charge is -2.12. The Morgan fingerprint density at radius 3 is 2.57 bits per heavy atom. The van der Waals surface area contributed by atoms with Gasteiger partial charge in [0, 0.05) is 17.6 Å². The molecule has 1 amide bonds. The van der Waals surface area contributed by atoms with Gasteiger partial charge in [0.2, 0.25) is 0 Å². The number of rotatable bonds is 5. The van der Waals surface area contributed by atoms with Crippen molar-refractivity contribution in [2.75, 3.05) is 0 Å². The molecular formula is C23H20Br2N2O2S. The van der Waals surface area contributed by atoms with Gasteiger partial charge < -0.3 is 10.4 Å². The molecule has 0 aliphatic heterocycles. The van der Waals surface area contributed by atoms with Crippen LogP contribution in [-0.4, -0.2) is 17.2 Å². The van der Waals surface area contributed by atoms with Crippen molar-refractivity contribution in [2.24, 2.45) is 4.99 Å². The fourth-order valence-electron chi connectivity index (χ4n) is 3.54. The number of thiophene rings is 1. The molecule has 1 heterocycles. The highest BCUT2D eigenvalue weighted by Crippen LogP contribution is 2.40. The molecular weight excluding hydrogens is 528 g/mol. The monoisotopic (exact) mass is 546 g/mol. The van der Waals surface area contributed by atoms with Crippen LogP contribution in [0.2, 0.25) is 0 Å². The highest BCUT2D eigenvalue weighted by molar-refractivity contribution is 9.11. The number of aryl methyl sites for hydroxylation is 1. The van der Waals surface area contributed by atoms with E-state index in [1.165, 1.54) is 4.88 Å². The Morgan fingerprint density at radius 2 is 1.83 bits per heavy atom. The summed E-state index contributed by atoms with van der Waals surface area (Å²) in [7, 11) is 0. The van der Waals surface area contributed by atoms with Crippen molar-refractivity contribution in [3.63, 3.8) is 0 Å². The summed E-state index contributed by atoms with van der Waals surface area (Å²) < 4.78 is 1.18. The number of phenols is 1. The predicted octanol–water partition coefficient (Wildman–Crippen LogP) is 6.54. The summed E-state index contributed by atoms with van der Waals surface area (Å²) >= 11 is 8.30. The van der Waals surface area contributed by atoms with Crippen molar-refractivity contribution < 1.29 is 9.90 Å². The van der Waals surface area contributed by atoms with Crippen molar-refractivity contribution in [3.8, 4) is 5.75 Å². The zero-order valence-corrected chi connectivity index (χ0v) is 20.1. The van der Waals surface area contributed by atoms with E-state index in [4.69, 9.17) is 0 Å². The summed E-state index contributed by atoms with van der Waals surface area (Å²) in [6, 6.07) is 13.5. The standard InChI is InChI=1S/C23H20Br2N2O2S/c24-17-10-15(11-18(25)21(17)28)13-27-23-20(16-8-4-5-9-19(16)30-23)22(29)26-12-14-6-2-1-3-7-14/h1-3,6-7,10-11,13,28H,4-5,8-9,12H2,(H,26,29). The molecule has 0 atom stereocenters. The fourth-order valence-corrected chi connectivity index (χ4v) is 5.99. The van der Waals surface area contributed by atoms with E-state index >= 15 is 0 Å². The van der Waals surface area contributed by atoms with Crippen LogP contribution in [0.5, 0.6) is 5.75 Å². The summed E-state index contributed by atoms with van der Waals surface area (Å²) in [5.74, 6) is 0.0817. The number of nitrogens with one attached hydrogen (secondary N) is 1. The van der Waals surface area contributed by atoms with Gasteiger partial charge in [-0.2, -0.15) is 0 Å². The molecule has 2 aromatic carbocycles. The van der Waals surface area contributed by atoms with E-state index in [1.54, 1.807) is 29.7 Å². The minimum absolute atomic E-state index is 0.0709. The van der Waals surface area contributed by atoms with Crippen molar-refractivity contribution in [1.82, 2.24) is 5.32 Å². The number of nitrogens with zero attached hydrogens (tertiary/aromatic N) is 1. The first-order chi connectivity index (χ1) is 14.5. The van der Waals surface area contributed by atoms with Crippen LogP contribution in [0.1, 0.15) is 44.8 Å². The number of carbonyl (C=O) groups is 1. The zero-order chi connectivity index (χ0) is 21.1. The number of halogens is 2. The van der Waals surface area contributed by atoms with Gasteiger partial charge in [0.1, 0.15) is 10.8 Å². The van der Waals surface area contributed by atoms with Crippen molar-refractivity contribution >= 4 is 60.3 Å². The van der Waals surface area contributed by atoms with Gasteiger partial charge in [-0.3, -0.25) is 4.79 Å². The molecule has 0 spiro atoms. The number of amides is 1. The van der Waals surface area contributed by atoms with Crippen LogP contribution in [0.4, 0.5) is 5.00 Å². The van der Waals surface area contributed by atoms with E-state index in [-0.39, 0.29) is 11.7 Å². The lowest BCUT2D eigenvalue weighted by atomic mass is 9.95. The minimum Gasteiger partial charge on any atom is -0.506 e. The van der Waals surface area contributed by atoms with Gasteiger partial charge in [-0.15, -0.1) is 11.3 Å². The minimum atomic E-state index is -0.0709. The Morgan fingerprint density at radius 1 is 1.13 bits per heavy atom. The Kier molecular flexibility index (Phi) is 6.71. The topological polar surface area (TPSA) is 61.7 Å². The van der Waals surface area contributed by atoms with E-state index in [2.05, 4.69) is 42.2 Å². The van der Waals surface area contributed by atoms with E-state index in [1.807, 2.05) is 30.3 Å². The summed E-state index contributed by atoms with van der Waals surface area (Å²) in [5, 5.41) is 13.7. The number of phenolic OH excluding ortho intramolecular Hbond substituents is 1. The second-order valence-corrected chi connectivity index (χ2v) is 9.94. The molecule has 1 aliphatic carbocycles. The van der Waals surface area contributed by atoms with Crippen LogP contribution >= 0.6 is 43.2 Å². The molecule has 1 aromatic heterocycles. The first kappa shape index (κ1) is 21.3. The Labute approximate surface area is 196 Å². The molecule has 1 aliphatic rings. The van der Waals surface area contributed by atoms with Gasteiger partial charge in [-0.1, -0.05) is 30.3 Å². The van der Waals surface area contributed by atoms with Crippen LogP contribution < -0.4 is 5.32 Å². The molecule has 3 aromatic rings. The van der Waals surface area contributed by atoms with E-state index < -0.39 is 0 Å². The lowest BCUT2D eigenvalue weighted by Crippen LogP contribution is -2.24. The molecule has 154 valence electrons.